The fourth-order valence-electron chi connectivity index (χ4n) is 3.69. The second-order valence-corrected chi connectivity index (χ2v) is 9.82. The van der Waals surface area contributed by atoms with Crippen molar-refractivity contribution < 1.29 is 22.7 Å². The molecule has 0 atom stereocenters. The standard InChI is InChI=1S/C23H29N3O5S/c1-17(27)25-20-5-9-22(10-6-20)32(29,30)26-13-11-18(12-14-26)15-23(28)24-16-19-3-7-21(31-2)8-4-19/h3-10,18H,11-16H2,1-2H3,(H,24,28)(H,25,27). The number of benzene rings is 2. The van der Waals surface area contributed by atoms with Crippen molar-refractivity contribution in [2.24, 2.45) is 5.92 Å². The van der Waals surface area contributed by atoms with Crippen molar-refractivity contribution in [2.45, 2.75) is 37.6 Å². The van der Waals surface area contributed by atoms with Gasteiger partial charge >= 0.3 is 0 Å². The lowest BCUT2D eigenvalue weighted by atomic mass is 9.94. The maximum absolute atomic E-state index is 12.9. The fourth-order valence-corrected chi connectivity index (χ4v) is 5.16. The minimum Gasteiger partial charge on any atom is -0.497 e. The predicted molar refractivity (Wildman–Crippen MR) is 122 cm³/mol. The van der Waals surface area contributed by atoms with Crippen molar-refractivity contribution in [3.8, 4) is 5.75 Å². The van der Waals surface area contributed by atoms with Crippen LogP contribution in [-0.2, 0) is 26.2 Å². The first kappa shape index (κ1) is 23.7. The summed E-state index contributed by atoms with van der Waals surface area (Å²) in [5.74, 6) is 0.677. The van der Waals surface area contributed by atoms with E-state index in [1.165, 1.54) is 23.4 Å². The molecule has 2 aromatic carbocycles. The number of carbonyl (C=O) groups is 2. The average Bonchev–Trinajstić information content (AvgIpc) is 2.78. The summed E-state index contributed by atoms with van der Waals surface area (Å²) in [4.78, 5) is 23.6. The predicted octanol–water partition coefficient (Wildman–Crippen LogP) is 2.76. The van der Waals surface area contributed by atoms with Gasteiger partial charge in [-0.15, -0.1) is 0 Å². The number of hydrogen-bond donors (Lipinski definition) is 2. The van der Waals surface area contributed by atoms with Gasteiger partial charge in [-0.1, -0.05) is 12.1 Å². The Morgan fingerprint density at radius 3 is 2.22 bits per heavy atom. The maximum Gasteiger partial charge on any atom is 0.243 e. The third kappa shape index (κ3) is 6.30. The van der Waals surface area contributed by atoms with Crippen LogP contribution in [0.15, 0.2) is 53.4 Å². The van der Waals surface area contributed by atoms with Gasteiger partial charge in [-0.25, -0.2) is 8.42 Å². The van der Waals surface area contributed by atoms with E-state index in [0.717, 1.165) is 11.3 Å². The highest BCUT2D eigenvalue weighted by Gasteiger charge is 2.30. The Kier molecular flexibility index (Phi) is 7.87. The second-order valence-electron chi connectivity index (χ2n) is 7.88. The van der Waals surface area contributed by atoms with Crippen molar-refractivity contribution in [3.05, 3.63) is 54.1 Å². The van der Waals surface area contributed by atoms with Gasteiger partial charge in [0.1, 0.15) is 5.75 Å². The highest BCUT2D eigenvalue weighted by atomic mass is 32.2. The molecule has 1 heterocycles. The van der Waals surface area contributed by atoms with Gasteiger partial charge in [0.2, 0.25) is 21.8 Å². The number of anilines is 1. The highest BCUT2D eigenvalue weighted by molar-refractivity contribution is 7.89. The van der Waals surface area contributed by atoms with Gasteiger partial charge in [-0.05, 0) is 60.7 Å². The van der Waals surface area contributed by atoms with E-state index in [1.807, 2.05) is 24.3 Å². The third-order valence-electron chi connectivity index (χ3n) is 5.51. The minimum absolute atomic E-state index is 0.0318. The lowest BCUT2D eigenvalue weighted by molar-refractivity contribution is -0.122. The van der Waals surface area contributed by atoms with Gasteiger partial charge in [-0.3, -0.25) is 9.59 Å². The topological polar surface area (TPSA) is 105 Å². The Labute approximate surface area is 189 Å². The first-order chi connectivity index (χ1) is 15.3. The smallest absolute Gasteiger partial charge is 0.243 e. The van der Waals surface area contributed by atoms with Crippen molar-refractivity contribution in [2.75, 3.05) is 25.5 Å². The number of methoxy groups -OCH3 is 1. The summed E-state index contributed by atoms with van der Waals surface area (Å²) in [6, 6.07) is 13.7. The number of ether oxygens (including phenoxy) is 1. The number of nitrogens with one attached hydrogen (secondary N) is 2. The Balaban J connectivity index is 1.47. The molecule has 1 fully saturated rings. The summed E-state index contributed by atoms with van der Waals surface area (Å²) >= 11 is 0. The number of carbonyl (C=O) groups excluding carboxylic acids is 2. The number of nitrogens with zero attached hydrogens (tertiary/aromatic N) is 1. The molecule has 32 heavy (non-hydrogen) atoms. The van der Waals surface area contributed by atoms with E-state index in [9.17, 15) is 18.0 Å². The van der Waals surface area contributed by atoms with Crippen LogP contribution in [0.3, 0.4) is 0 Å². The van der Waals surface area contributed by atoms with Crippen molar-refractivity contribution in [3.63, 3.8) is 0 Å². The quantitative estimate of drug-likeness (QED) is 0.632. The van der Waals surface area contributed by atoms with E-state index in [1.54, 1.807) is 19.2 Å². The Morgan fingerprint density at radius 2 is 1.66 bits per heavy atom. The lowest BCUT2D eigenvalue weighted by Crippen LogP contribution is -2.39. The molecule has 0 bridgehead atoms. The van der Waals surface area contributed by atoms with Crippen molar-refractivity contribution in [1.29, 1.82) is 0 Å². The molecule has 1 aliphatic rings. The van der Waals surface area contributed by atoms with Crippen LogP contribution in [0.2, 0.25) is 0 Å². The summed E-state index contributed by atoms with van der Waals surface area (Å²) in [6.45, 7) is 2.61. The summed E-state index contributed by atoms with van der Waals surface area (Å²) in [6.07, 6.45) is 1.66. The Morgan fingerprint density at radius 1 is 1.03 bits per heavy atom. The number of rotatable bonds is 8. The van der Waals surface area contributed by atoms with Crippen LogP contribution in [0.1, 0.15) is 31.7 Å². The molecule has 2 amide bonds. The minimum atomic E-state index is -3.60. The van der Waals surface area contributed by atoms with E-state index < -0.39 is 10.0 Å². The van der Waals surface area contributed by atoms with Crippen LogP contribution >= 0.6 is 0 Å². The molecule has 0 spiro atoms. The van der Waals surface area contributed by atoms with Crippen LogP contribution in [0.5, 0.6) is 5.75 Å². The number of sulfonamides is 1. The summed E-state index contributed by atoms with van der Waals surface area (Å²) in [7, 11) is -1.99. The molecule has 0 saturated carbocycles. The van der Waals surface area contributed by atoms with Crippen LogP contribution in [0.4, 0.5) is 5.69 Å². The highest BCUT2D eigenvalue weighted by Crippen LogP contribution is 2.26. The van der Waals surface area contributed by atoms with Gasteiger partial charge in [0.15, 0.2) is 0 Å². The molecule has 0 aromatic heterocycles. The third-order valence-corrected chi connectivity index (χ3v) is 7.42. The molecule has 0 radical (unpaired) electrons. The van der Waals surface area contributed by atoms with E-state index in [0.29, 0.717) is 44.6 Å². The molecule has 172 valence electrons. The number of piperidine rings is 1. The van der Waals surface area contributed by atoms with Crippen LogP contribution < -0.4 is 15.4 Å². The molecule has 2 aromatic rings. The molecule has 3 rings (SSSR count). The van der Waals surface area contributed by atoms with Gasteiger partial charge in [0.05, 0.1) is 12.0 Å². The molecule has 1 saturated heterocycles. The zero-order chi connectivity index (χ0) is 23.1. The lowest BCUT2D eigenvalue weighted by Gasteiger charge is -2.31. The average molecular weight is 460 g/mol. The SMILES string of the molecule is COc1ccc(CNC(=O)CC2CCN(S(=O)(=O)c3ccc(NC(C)=O)cc3)CC2)cc1. The van der Waals surface area contributed by atoms with E-state index in [2.05, 4.69) is 10.6 Å². The molecule has 8 nitrogen and oxygen atoms in total. The monoisotopic (exact) mass is 459 g/mol. The number of amides is 2. The summed E-state index contributed by atoms with van der Waals surface area (Å²) in [5, 5.41) is 5.55. The second kappa shape index (κ2) is 10.6. The largest absolute Gasteiger partial charge is 0.497 e. The van der Waals surface area contributed by atoms with Gasteiger partial charge in [-0.2, -0.15) is 4.31 Å². The Bertz CT molecular complexity index is 1030. The molecular formula is C23H29N3O5S. The molecule has 2 N–H and O–H groups in total. The molecule has 1 aliphatic heterocycles. The van der Waals surface area contributed by atoms with Gasteiger partial charge in [0.25, 0.3) is 0 Å². The van der Waals surface area contributed by atoms with Crippen LogP contribution in [0, 0.1) is 5.92 Å². The molecule has 0 aliphatic carbocycles. The van der Waals surface area contributed by atoms with Gasteiger partial charge < -0.3 is 15.4 Å². The first-order valence-electron chi connectivity index (χ1n) is 10.6. The van der Waals surface area contributed by atoms with Crippen molar-refractivity contribution in [1.82, 2.24) is 9.62 Å². The maximum atomic E-state index is 12.9. The summed E-state index contributed by atoms with van der Waals surface area (Å²) < 4.78 is 32.4. The first-order valence-corrected chi connectivity index (χ1v) is 12.0. The van der Waals surface area contributed by atoms with E-state index >= 15 is 0 Å². The zero-order valence-electron chi connectivity index (χ0n) is 18.3. The van der Waals surface area contributed by atoms with E-state index in [-0.39, 0.29) is 22.6 Å². The number of hydrogen-bond acceptors (Lipinski definition) is 5. The molecular weight excluding hydrogens is 430 g/mol. The van der Waals surface area contributed by atoms with Crippen LogP contribution in [-0.4, -0.2) is 44.7 Å². The van der Waals surface area contributed by atoms with Crippen LogP contribution in [0.25, 0.3) is 0 Å². The van der Waals surface area contributed by atoms with Crippen molar-refractivity contribution >= 4 is 27.5 Å². The zero-order valence-corrected chi connectivity index (χ0v) is 19.2. The summed E-state index contributed by atoms with van der Waals surface area (Å²) in [5.41, 5.74) is 1.54. The fraction of sp³-hybridized carbons (Fsp3) is 0.391. The normalized spacial score (nSPS) is 15.2. The molecule has 9 heteroatoms. The van der Waals surface area contributed by atoms with Gasteiger partial charge in [0, 0.05) is 38.7 Å². The van der Waals surface area contributed by atoms with E-state index in [4.69, 9.17) is 4.74 Å². The Hall–Kier alpha value is -2.91. The molecule has 0 unspecified atom stereocenters.